The van der Waals surface area contributed by atoms with Gasteiger partial charge < -0.3 is 10.6 Å². The number of amides is 3. The van der Waals surface area contributed by atoms with Crippen molar-refractivity contribution in [3.63, 3.8) is 0 Å². The van der Waals surface area contributed by atoms with E-state index in [9.17, 15) is 9.59 Å². The number of rotatable bonds is 4. The van der Waals surface area contributed by atoms with Crippen LogP contribution in [0, 0.1) is 0 Å². The normalized spacial score (nSPS) is 17.9. The maximum absolute atomic E-state index is 11.6. The van der Waals surface area contributed by atoms with Crippen molar-refractivity contribution in [3.8, 4) is 0 Å². The highest BCUT2D eigenvalue weighted by Crippen LogP contribution is 2.33. The standard InChI is InChI=1S/C14H19N3O2/c1-9(13(18)17-14(19)15-2)16-8-11-7-10-5-3-4-6-12(10)11/h3-6,9,11,16H,7-8H2,1-2H3,(H2,15,17,18,19). The van der Waals surface area contributed by atoms with E-state index in [4.69, 9.17) is 0 Å². The summed E-state index contributed by atoms with van der Waals surface area (Å²) < 4.78 is 0. The summed E-state index contributed by atoms with van der Waals surface area (Å²) in [6, 6.07) is 7.47. The van der Waals surface area contributed by atoms with Crippen molar-refractivity contribution in [1.82, 2.24) is 16.0 Å². The molecule has 3 amide bonds. The predicted octanol–water partition coefficient (Wildman–Crippen LogP) is 0.760. The number of hydrogen-bond donors (Lipinski definition) is 3. The van der Waals surface area contributed by atoms with Gasteiger partial charge in [-0.3, -0.25) is 10.1 Å². The van der Waals surface area contributed by atoms with E-state index in [1.54, 1.807) is 6.92 Å². The molecule has 0 fully saturated rings. The van der Waals surface area contributed by atoms with Crippen molar-refractivity contribution in [2.45, 2.75) is 25.3 Å². The van der Waals surface area contributed by atoms with Crippen molar-refractivity contribution >= 4 is 11.9 Å². The molecule has 19 heavy (non-hydrogen) atoms. The zero-order chi connectivity index (χ0) is 13.8. The van der Waals surface area contributed by atoms with E-state index >= 15 is 0 Å². The van der Waals surface area contributed by atoms with Crippen molar-refractivity contribution in [1.29, 1.82) is 0 Å². The van der Waals surface area contributed by atoms with Crippen molar-refractivity contribution in [3.05, 3.63) is 35.4 Å². The first kappa shape index (κ1) is 13.5. The highest BCUT2D eigenvalue weighted by atomic mass is 16.2. The Hall–Kier alpha value is -1.88. The molecule has 2 rings (SSSR count). The summed E-state index contributed by atoms with van der Waals surface area (Å²) in [6.07, 6.45) is 1.05. The van der Waals surface area contributed by atoms with Crippen LogP contribution in [-0.4, -0.2) is 31.6 Å². The Morgan fingerprint density at radius 3 is 2.79 bits per heavy atom. The van der Waals surface area contributed by atoms with Gasteiger partial charge in [0.15, 0.2) is 0 Å². The van der Waals surface area contributed by atoms with Gasteiger partial charge in [0.25, 0.3) is 0 Å². The third kappa shape index (κ3) is 3.12. The van der Waals surface area contributed by atoms with Gasteiger partial charge in [-0.05, 0) is 24.5 Å². The number of fused-ring (bicyclic) bond motifs is 1. The minimum atomic E-state index is -0.479. The fourth-order valence-corrected chi connectivity index (χ4v) is 2.24. The molecular weight excluding hydrogens is 242 g/mol. The largest absolute Gasteiger partial charge is 0.341 e. The second-order valence-electron chi connectivity index (χ2n) is 4.80. The SMILES string of the molecule is CNC(=O)NC(=O)C(C)NCC1Cc2ccccc21. The molecular formula is C14H19N3O2. The average molecular weight is 261 g/mol. The van der Waals surface area contributed by atoms with Gasteiger partial charge in [-0.1, -0.05) is 24.3 Å². The highest BCUT2D eigenvalue weighted by molar-refractivity contribution is 5.96. The number of carbonyl (C=O) groups excluding carboxylic acids is 2. The van der Waals surface area contributed by atoms with Gasteiger partial charge in [0.05, 0.1) is 6.04 Å². The van der Waals surface area contributed by atoms with E-state index < -0.39 is 6.03 Å². The molecule has 0 aliphatic heterocycles. The molecule has 0 bridgehead atoms. The topological polar surface area (TPSA) is 70.2 Å². The minimum absolute atomic E-state index is 0.313. The second kappa shape index (κ2) is 5.84. The molecule has 0 saturated heterocycles. The van der Waals surface area contributed by atoms with Gasteiger partial charge in [0.2, 0.25) is 5.91 Å². The summed E-state index contributed by atoms with van der Waals surface area (Å²) >= 11 is 0. The third-order valence-corrected chi connectivity index (χ3v) is 3.49. The number of nitrogens with one attached hydrogen (secondary N) is 3. The summed E-state index contributed by atoms with van der Waals surface area (Å²) in [5.41, 5.74) is 2.74. The van der Waals surface area contributed by atoms with Crippen LogP contribution in [0.3, 0.4) is 0 Å². The predicted molar refractivity (Wildman–Crippen MR) is 73.0 cm³/mol. The Kier molecular flexibility index (Phi) is 4.16. The lowest BCUT2D eigenvalue weighted by Gasteiger charge is -2.31. The van der Waals surface area contributed by atoms with Crippen LogP contribution in [0.5, 0.6) is 0 Å². The molecule has 0 heterocycles. The number of carbonyl (C=O) groups is 2. The van der Waals surface area contributed by atoms with Gasteiger partial charge in [-0.25, -0.2) is 4.79 Å². The molecule has 2 atom stereocenters. The fourth-order valence-electron chi connectivity index (χ4n) is 2.24. The van der Waals surface area contributed by atoms with Crippen LogP contribution in [0.1, 0.15) is 24.0 Å². The summed E-state index contributed by atoms with van der Waals surface area (Å²) in [7, 11) is 1.48. The number of urea groups is 1. The van der Waals surface area contributed by atoms with E-state index in [-0.39, 0.29) is 11.9 Å². The molecule has 0 saturated carbocycles. The number of benzene rings is 1. The Balaban J connectivity index is 1.78. The first-order valence-electron chi connectivity index (χ1n) is 6.45. The maximum atomic E-state index is 11.6. The van der Waals surface area contributed by atoms with E-state index in [1.807, 2.05) is 12.1 Å². The zero-order valence-electron chi connectivity index (χ0n) is 11.2. The van der Waals surface area contributed by atoms with Crippen LogP contribution >= 0.6 is 0 Å². The van der Waals surface area contributed by atoms with Gasteiger partial charge in [0, 0.05) is 19.5 Å². The summed E-state index contributed by atoms with van der Waals surface area (Å²) in [5.74, 6) is 0.151. The maximum Gasteiger partial charge on any atom is 0.321 e. The average Bonchev–Trinajstić information content (AvgIpc) is 2.39. The molecule has 1 aromatic rings. The van der Waals surface area contributed by atoms with E-state index in [0.29, 0.717) is 5.92 Å². The molecule has 1 aliphatic carbocycles. The van der Waals surface area contributed by atoms with Crippen LogP contribution < -0.4 is 16.0 Å². The third-order valence-electron chi connectivity index (χ3n) is 3.49. The first-order valence-corrected chi connectivity index (χ1v) is 6.45. The van der Waals surface area contributed by atoms with Crippen LogP contribution in [0.15, 0.2) is 24.3 Å². The molecule has 1 aliphatic rings. The number of hydrogen-bond acceptors (Lipinski definition) is 3. The molecule has 102 valence electrons. The Morgan fingerprint density at radius 1 is 1.37 bits per heavy atom. The van der Waals surface area contributed by atoms with Crippen LogP contribution in [0.2, 0.25) is 0 Å². The van der Waals surface area contributed by atoms with Crippen LogP contribution in [0.25, 0.3) is 0 Å². The molecule has 2 unspecified atom stereocenters. The van der Waals surface area contributed by atoms with Crippen LogP contribution in [0.4, 0.5) is 4.79 Å². The molecule has 0 aromatic heterocycles. The van der Waals surface area contributed by atoms with Crippen LogP contribution in [-0.2, 0) is 11.2 Å². The van der Waals surface area contributed by atoms with Crippen molar-refractivity contribution in [2.24, 2.45) is 0 Å². The van der Waals surface area contributed by atoms with E-state index in [2.05, 4.69) is 28.1 Å². The quantitative estimate of drug-likeness (QED) is 0.749. The Labute approximate surface area is 112 Å². The summed E-state index contributed by atoms with van der Waals surface area (Å²) in [5, 5.41) is 7.77. The zero-order valence-corrected chi connectivity index (χ0v) is 11.2. The first-order chi connectivity index (χ1) is 9.11. The lowest BCUT2D eigenvalue weighted by atomic mass is 9.77. The molecule has 0 radical (unpaired) electrons. The van der Waals surface area contributed by atoms with E-state index in [1.165, 1.54) is 18.2 Å². The second-order valence-corrected chi connectivity index (χ2v) is 4.80. The monoisotopic (exact) mass is 261 g/mol. The minimum Gasteiger partial charge on any atom is -0.341 e. The number of imide groups is 1. The smallest absolute Gasteiger partial charge is 0.321 e. The van der Waals surface area contributed by atoms with Gasteiger partial charge in [0.1, 0.15) is 0 Å². The van der Waals surface area contributed by atoms with Crippen molar-refractivity contribution in [2.75, 3.05) is 13.6 Å². The van der Waals surface area contributed by atoms with Gasteiger partial charge >= 0.3 is 6.03 Å². The molecule has 1 aromatic carbocycles. The molecule has 5 heteroatoms. The summed E-state index contributed by atoms with van der Waals surface area (Å²) in [6.45, 7) is 2.50. The van der Waals surface area contributed by atoms with Gasteiger partial charge in [-0.2, -0.15) is 0 Å². The Bertz CT molecular complexity index is 487. The summed E-state index contributed by atoms with van der Waals surface area (Å²) in [4.78, 5) is 22.7. The lowest BCUT2D eigenvalue weighted by molar-refractivity contribution is -0.121. The molecule has 3 N–H and O–H groups in total. The molecule has 5 nitrogen and oxygen atoms in total. The van der Waals surface area contributed by atoms with Crippen molar-refractivity contribution < 1.29 is 9.59 Å². The van der Waals surface area contributed by atoms with Gasteiger partial charge in [-0.15, -0.1) is 0 Å². The Morgan fingerprint density at radius 2 is 2.11 bits per heavy atom. The molecule has 0 spiro atoms. The highest BCUT2D eigenvalue weighted by Gasteiger charge is 2.26. The lowest BCUT2D eigenvalue weighted by Crippen LogP contribution is -2.48. The van der Waals surface area contributed by atoms with E-state index in [0.717, 1.165) is 13.0 Å². The fraction of sp³-hybridized carbons (Fsp3) is 0.429.